The number of nitrogens with zero attached hydrogens (tertiary/aromatic N) is 2. The van der Waals surface area contributed by atoms with E-state index in [-0.39, 0.29) is 0 Å². The van der Waals surface area contributed by atoms with E-state index in [1.54, 1.807) is 14.2 Å². The van der Waals surface area contributed by atoms with Crippen molar-refractivity contribution in [3.63, 3.8) is 0 Å². The zero-order valence-electron chi connectivity index (χ0n) is 26.2. The largest absolute Gasteiger partial charge is 0.497 e. The van der Waals surface area contributed by atoms with E-state index in [2.05, 4.69) is 89.9 Å². The Labute approximate surface area is 270 Å². The maximum Gasteiger partial charge on any atom is 0.119 e. The number of hydrogen-bond acceptors (Lipinski definition) is 4. The van der Waals surface area contributed by atoms with E-state index < -0.39 is 0 Å². The summed E-state index contributed by atoms with van der Waals surface area (Å²) >= 11 is 0. The van der Waals surface area contributed by atoms with Crippen LogP contribution in [0.25, 0.3) is 55.8 Å². The van der Waals surface area contributed by atoms with E-state index in [0.29, 0.717) is 11.8 Å². The maximum absolute atomic E-state index is 5.74. The molecular weight excluding hydrogens is 564 g/mol. The Balaban J connectivity index is 1.48. The highest BCUT2D eigenvalue weighted by Crippen LogP contribution is 2.55. The predicted molar refractivity (Wildman–Crippen MR) is 186 cm³/mol. The molecule has 2 aliphatic rings. The average molecular weight is 601 g/mol. The monoisotopic (exact) mass is 600 g/mol. The molecule has 0 bridgehead atoms. The number of pyridine rings is 2. The van der Waals surface area contributed by atoms with E-state index in [4.69, 9.17) is 14.5 Å². The Morgan fingerprint density at radius 1 is 0.543 bits per heavy atom. The molecule has 2 fully saturated rings. The van der Waals surface area contributed by atoms with Gasteiger partial charge in [-0.1, -0.05) is 48.5 Å². The Bertz CT molecular complexity index is 2000. The molecule has 4 nitrogen and oxygen atoms in total. The lowest BCUT2D eigenvalue weighted by molar-refractivity contribution is 0.415. The van der Waals surface area contributed by atoms with Gasteiger partial charge in [-0.25, -0.2) is 0 Å². The fourth-order valence-corrected chi connectivity index (χ4v) is 6.79. The second kappa shape index (κ2) is 11.9. The smallest absolute Gasteiger partial charge is 0.119 e. The lowest BCUT2D eigenvalue weighted by Crippen LogP contribution is -2.01. The minimum absolute atomic E-state index is 0.460. The molecular formula is C42H36N2O2. The van der Waals surface area contributed by atoms with Crippen LogP contribution in [-0.2, 0) is 0 Å². The van der Waals surface area contributed by atoms with E-state index in [0.717, 1.165) is 39.4 Å². The SMILES string of the molecule is COc1ccc(-c2cc(-c3ccc(OC)cc3-c3ccccn3)c(-c3ccc(C4CC4)cc3)c(C3CC3)c2-c2cccnc2)cc1. The molecule has 6 aromatic rings. The van der Waals surface area contributed by atoms with Crippen molar-refractivity contribution in [2.24, 2.45) is 0 Å². The first-order chi connectivity index (χ1) is 22.7. The van der Waals surface area contributed by atoms with Crippen LogP contribution in [0.5, 0.6) is 11.5 Å². The second-order valence-corrected chi connectivity index (χ2v) is 12.4. The highest BCUT2D eigenvalue weighted by Gasteiger charge is 2.34. The molecule has 46 heavy (non-hydrogen) atoms. The molecule has 2 aliphatic carbocycles. The highest BCUT2D eigenvalue weighted by molar-refractivity contribution is 6.01. The van der Waals surface area contributed by atoms with Gasteiger partial charge in [0.2, 0.25) is 0 Å². The van der Waals surface area contributed by atoms with Crippen molar-refractivity contribution in [3.8, 4) is 67.3 Å². The lowest BCUT2D eigenvalue weighted by Gasteiger charge is -2.25. The van der Waals surface area contributed by atoms with Gasteiger partial charge in [0.25, 0.3) is 0 Å². The van der Waals surface area contributed by atoms with Crippen molar-refractivity contribution in [2.75, 3.05) is 14.2 Å². The molecule has 2 heterocycles. The normalized spacial score (nSPS) is 14.2. The predicted octanol–water partition coefficient (Wildman–Crippen LogP) is 10.6. The van der Waals surface area contributed by atoms with Crippen LogP contribution < -0.4 is 9.47 Å². The summed E-state index contributed by atoms with van der Waals surface area (Å²) in [7, 11) is 3.44. The van der Waals surface area contributed by atoms with Gasteiger partial charge in [0.1, 0.15) is 11.5 Å². The van der Waals surface area contributed by atoms with Gasteiger partial charge in [0.05, 0.1) is 19.9 Å². The number of methoxy groups -OCH3 is 2. The topological polar surface area (TPSA) is 44.2 Å². The minimum atomic E-state index is 0.460. The van der Waals surface area contributed by atoms with Gasteiger partial charge in [0.15, 0.2) is 0 Å². The molecule has 4 aromatic carbocycles. The van der Waals surface area contributed by atoms with Crippen LogP contribution in [-0.4, -0.2) is 24.2 Å². The van der Waals surface area contributed by atoms with Crippen LogP contribution in [0.2, 0.25) is 0 Å². The summed E-state index contributed by atoms with van der Waals surface area (Å²) in [6, 6.07) is 37.0. The van der Waals surface area contributed by atoms with Crippen molar-refractivity contribution in [1.82, 2.24) is 9.97 Å². The van der Waals surface area contributed by atoms with Gasteiger partial charge in [-0.3, -0.25) is 9.97 Å². The van der Waals surface area contributed by atoms with E-state index in [9.17, 15) is 0 Å². The van der Waals surface area contributed by atoms with Crippen LogP contribution in [0.3, 0.4) is 0 Å². The third-order valence-corrected chi connectivity index (χ3v) is 9.41. The van der Waals surface area contributed by atoms with E-state index in [1.807, 2.05) is 36.8 Å². The Hall–Kier alpha value is -5.22. The molecule has 0 saturated heterocycles. The van der Waals surface area contributed by atoms with Crippen LogP contribution in [0.1, 0.15) is 48.6 Å². The maximum atomic E-state index is 5.74. The summed E-state index contributed by atoms with van der Waals surface area (Å²) in [5.74, 6) is 2.82. The molecule has 2 aromatic heterocycles. The first kappa shape index (κ1) is 28.3. The van der Waals surface area contributed by atoms with Gasteiger partial charge >= 0.3 is 0 Å². The first-order valence-corrected chi connectivity index (χ1v) is 16.2. The van der Waals surface area contributed by atoms with Crippen LogP contribution in [0.15, 0.2) is 122 Å². The average Bonchev–Trinajstić information content (AvgIpc) is 4.06. The highest BCUT2D eigenvalue weighted by atomic mass is 16.5. The minimum Gasteiger partial charge on any atom is -0.497 e. The molecule has 0 unspecified atom stereocenters. The summed E-state index contributed by atoms with van der Waals surface area (Å²) in [5, 5.41) is 0. The zero-order valence-corrected chi connectivity index (χ0v) is 26.2. The number of benzene rings is 4. The number of ether oxygens (including phenoxy) is 2. The first-order valence-electron chi connectivity index (χ1n) is 16.2. The van der Waals surface area contributed by atoms with Crippen LogP contribution in [0, 0.1) is 0 Å². The van der Waals surface area contributed by atoms with Gasteiger partial charge in [-0.05, 0) is 142 Å². The van der Waals surface area contributed by atoms with Gasteiger partial charge in [-0.15, -0.1) is 0 Å². The Kier molecular flexibility index (Phi) is 7.34. The molecule has 0 spiro atoms. The van der Waals surface area contributed by atoms with Crippen LogP contribution >= 0.6 is 0 Å². The summed E-state index contributed by atoms with van der Waals surface area (Å²) < 4.78 is 11.3. The fourth-order valence-electron chi connectivity index (χ4n) is 6.79. The number of aromatic nitrogens is 2. The van der Waals surface area contributed by atoms with Crippen molar-refractivity contribution in [1.29, 1.82) is 0 Å². The van der Waals surface area contributed by atoms with Gasteiger partial charge < -0.3 is 9.47 Å². The molecule has 4 heteroatoms. The lowest BCUT2D eigenvalue weighted by atomic mass is 9.78. The van der Waals surface area contributed by atoms with E-state index in [1.165, 1.54) is 64.6 Å². The van der Waals surface area contributed by atoms with Crippen molar-refractivity contribution in [2.45, 2.75) is 37.5 Å². The number of rotatable bonds is 9. The third-order valence-electron chi connectivity index (χ3n) is 9.41. The summed E-state index contributed by atoms with van der Waals surface area (Å²) in [4.78, 5) is 9.40. The molecule has 8 rings (SSSR count). The van der Waals surface area contributed by atoms with E-state index >= 15 is 0 Å². The third kappa shape index (κ3) is 5.34. The van der Waals surface area contributed by atoms with Gasteiger partial charge in [0, 0.05) is 29.7 Å². The zero-order chi connectivity index (χ0) is 31.0. The molecule has 0 atom stereocenters. The molecule has 0 aliphatic heterocycles. The second-order valence-electron chi connectivity index (χ2n) is 12.4. The molecule has 0 radical (unpaired) electrons. The molecule has 0 amide bonds. The quantitative estimate of drug-likeness (QED) is 0.166. The summed E-state index contributed by atoms with van der Waals surface area (Å²) in [6.45, 7) is 0. The number of hydrogen-bond donors (Lipinski definition) is 0. The van der Waals surface area contributed by atoms with Crippen molar-refractivity contribution in [3.05, 3.63) is 133 Å². The van der Waals surface area contributed by atoms with Crippen molar-refractivity contribution >= 4 is 0 Å². The molecule has 2 saturated carbocycles. The van der Waals surface area contributed by atoms with Crippen LogP contribution in [0.4, 0.5) is 0 Å². The molecule has 226 valence electrons. The standard InChI is InChI=1S/C42H36N2O2/c1-45-33-18-16-29(17-19-33)36-25-38(35-21-20-34(46-2)24-37(35)39-7-3-4-23-44-39)40(30-12-10-28(11-13-30)27-8-9-27)42(31-14-15-31)41(36)32-6-5-22-43-26-32/h3-7,10-13,16-27,31H,8-9,14-15H2,1-2H3. The Morgan fingerprint density at radius 3 is 1.91 bits per heavy atom. The Morgan fingerprint density at radius 2 is 1.26 bits per heavy atom. The molecule has 0 N–H and O–H groups in total. The summed E-state index contributed by atoms with van der Waals surface area (Å²) in [5.41, 5.74) is 14.4. The van der Waals surface area contributed by atoms with Crippen molar-refractivity contribution < 1.29 is 9.47 Å². The fraction of sp³-hybridized carbons (Fsp3) is 0.190. The van der Waals surface area contributed by atoms with Gasteiger partial charge in [-0.2, -0.15) is 0 Å². The summed E-state index contributed by atoms with van der Waals surface area (Å²) in [6.07, 6.45) is 10.7.